The molecule has 0 bridgehead atoms. The number of imide groups is 1. The summed E-state index contributed by atoms with van der Waals surface area (Å²) in [6.45, 7) is 3.86. The summed E-state index contributed by atoms with van der Waals surface area (Å²) in [4.78, 5) is 25.8. The molecule has 3 N–H and O–H groups in total. The van der Waals surface area contributed by atoms with E-state index in [1.54, 1.807) is 24.3 Å². The van der Waals surface area contributed by atoms with Crippen LogP contribution in [0.25, 0.3) is 0 Å². The molecular formula is C15H20ClN3O2. The second-order valence-corrected chi connectivity index (χ2v) is 5.96. The third-order valence-corrected chi connectivity index (χ3v) is 4.03. The SMILES string of the molecule is CC(N)C1CCN(CC(=O)NC(=O)c2ccc(Cl)cc2)C1. The maximum absolute atomic E-state index is 11.9. The fourth-order valence-electron chi connectivity index (χ4n) is 2.48. The van der Waals surface area contributed by atoms with Crippen molar-refractivity contribution in [2.75, 3.05) is 19.6 Å². The van der Waals surface area contributed by atoms with Crippen LogP contribution in [0.4, 0.5) is 0 Å². The number of carbonyl (C=O) groups is 2. The number of amides is 2. The zero-order chi connectivity index (χ0) is 15.4. The van der Waals surface area contributed by atoms with E-state index in [9.17, 15) is 9.59 Å². The fourth-order valence-corrected chi connectivity index (χ4v) is 2.60. The van der Waals surface area contributed by atoms with Crippen LogP contribution in [0, 0.1) is 5.92 Å². The van der Waals surface area contributed by atoms with Crippen molar-refractivity contribution in [1.82, 2.24) is 10.2 Å². The molecule has 1 aromatic rings. The first-order valence-electron chi connectivity index (χ1n) is 7.03. The minimum absolute atomic E-state index is 0.133. The molecule has 1 heterocycles. The first-order valence-corrected chi connectivity index (χ1v) is 7.41. The third kappa shape index (κ3) is 4.52. The van der Waals surface area contributed by atoms with Crippen molar-refractivity contribution in [2.45, 2.75) is 19.4 Å². The molecule has 5 nitrogen and oxygen atoms in total. The van der Waals surface area contributed by atoms with Gasteiger partial charge in [-0.25, -0.2) is 0 Å². The lowest BCUT2D eigenvalue weighted by atomic mass is 10.0. The summed E-state index contributed by atoms with van der Waals surface area (Å²) in [5, 5.41) is 2.95. The molecule has 21 heavy (non-hydrogen) atoms. The second kappa shape index (κ2) is 7.02. The minimum atomic E-state index is -0.403. The van der Waals surface area contributed by atoms with Crippen molar-refractivity contribution < 1.29 is 9.59 Å². The van der Waals surface area contributed by atoms with Gasteiger partial charge in [-0.1, -0.05) is 11.6 Å². The molecule has 1 saturated heterocycles. The second-order valence-electron chi connectivity index (χ2n) is 5.53. The first-order chi connectivity index (χ1) is 9.95. The number of nitrogens with two attached hydrogens (primary N) is 1. The van der Waals surface area contributed by atoms with Crippen LogP contribution < -0.4 is 11.1 Å². The molecule has 1 fully saturated rings. The zero-order valence-electron chi connectivity index (χ0n) is 12.0. The van der Waals surface area contributed by atoms with Crippen LogP contribution in [0.2, 0.25) is 5.02 Å². The smallest absolute Gasteiger partial charge is 0.257 e. The standard InChI is InChI=1S/C15H20ClN3O2/c1-10(17)12-6-7-19(8-12)9-14(20)18-15(21)11-2-4-13(16)5-3-11/h2-5,10,12H,6-9,17H2,1H3,(H,18,20,21). The highest BCUT2D eigenvalue weighted by Gasteiger charge is 2.26. The predicted molar refractivity (Wildman–Crippen MR) is 82.1 cm³/mol. The van der Waals surface area contributed by atoms with Crippen molar-refractivity contribution in [1.29, 1.82) is 0 Å². The summed E-state index contributed by atoms with van der Waals surface area (Å²) in [5.41, 5.74) is 6.29. The van der Waals surface area contributed by atoms with E-state index in [4.69, 9.17) is 17.3 Å². The minimum Gasteiger partial charge on any atom is -0.328 e. The van der Waals surface area contributed by atoms with Gasteiger partial charge in [0, 0.05) is 23.2 Å². The van der Waals surface area contributed by atoms with Gasteiger partial charge in [0.15, 0.2) is 0 Å². The third-order valence-electron chi connectivity index (χ3n) is 3.78. The average molecular weight is 310 g/mol. The van der Waals surface area contributed by atoms with E-state index in [0.29, 0.717) is 16.5 Å². The number of carbonyl (C=O) groups excluding carboxylic acids is 2. The Hall–Kier alpha value is -1.43. The van der Waals surface area contributed by atoms with E-state index in [1.165, 1.54) is 0 Å². The number of rotatable bonds is 4. The van der Waals surface area contributed by atoms with Crippen LogP contribution in [0.15, 0.2) is 24.3 Å². The highest BCUT2D eigenvalue weighted by molar-refractivity contribution is 6.30. The monoisotopic (exact) mass is 309 g/mol. The first kappa shape index (κ1) is 15.9. The number of nitrogens with zero attached hydrogens (tertiary/aromatic N) is 1. The summed E-state index contributed by atoms with van der Waals surface area (Å²) in [6, 6.07) is 6.55. The largest absolute Gasteiger partial charge is 0.328 e. The average Bonchev–Trinajstić information content (AvgIpc) is 2.87. The Kier molecular flexibility index (Phi) is 5.33. The van der Waals surface area contributed by atoms with Gasteiger partial charge in [0.25, 0.3) is 5.91 Å². The molecule has 6 heteroatoms. The summed E-state index contributed by atoms with van der Waals surface area (Å²) in [6.07, 6.45) is 0.996. The molecule has 1 aliphatic rings. The molecule has 2 unspecified atom stereocenters. The lowest BCUT2D eigenvalue weighted by Crippen LogP contribution is -2.40. The molecule has 114 valence electrons. The Labute approximate surface area is 129 Å². The molecule has 0 aliphatic carbocycles. The zero-order valence-corrected chi connectivity index (χ0v) is 12.8. The van der Waals surface area contributed by atoms with Gasteiger partial charge in [-0.3, -0.25) is 19.8 Å². The van der Waals surface area contributed by atoms with E-state index < -0.39 is 5.91 Å². The molecule has 1 aromatic carbocycles. The van der Waals surface area contributed by atoms with Crippen LogP contribution >= 0.6 is 11.6 Å². The summed E-state index contributed by atoms with van der Waals surface area (Å²) < 4.78 is 0. The number of likely N-dealkylation sites (tertiary alicyclic amines) is 1. The maximum atomic E-state index is 11.9. The van der Waals surface area contributed by atoms with Gasteiger partial charge in [0.1, 0.15) is 0 Å². The molecule has 2 atom stereocenters. The summed E-state index contributed by atoms with van der Waals surface area (Å²) in [5.74, 6) is -0.273. The van der Waals surface area contributed by atoms with E-state index in [0.717, 1.165) is 19.5 Å². The number of hydrogen-bond donors (Lipinski definition) is 2. The number of benzene rings is 1. The van der Waals surface area contributed by atoms with Crippen molar-refractivity contribution in [2.24, 2.45) is 11.7 Å². The van der Waals surface area contributed by atoms with E-state index >= 15 is 0 Å². The quantitative estimate of drug-likeness (QED) is 0.878. The number of nitrogens with one attached hydrogen (secondary N) is 1. The molecule has 0 saturated carbocycles. The number of halogens is 1. The highest BCUT2D eigenvalue weighted by Crippen LogP contribution is 2.18. The topological polar surface area (TPSA) is 75.4 Å². The Morgan fingerprint density at radius 3 is 2.67 bits per heavy atom. The predicted octanol–water partition coefficient (Wildman–Crippen LogP) is 1.27. The molecule has 1 aliphatic heterocycles. The van der Waals surface area contributed by atoms with Crippen LogP contribution in [-0.4, -0.2) is 42.4 Å². The van der Waals surface area contributed by atoms with Crippen LogP contribution in [0.5, 0.6) is 0 Å². The summed E-state index contributed by atoms with van der Waals surface area (Å²) in [7, 11) is 0. The van der Waals surface area contributed by atoms with Gasteiger partial charge >= 0.3 is 0 Å². The maximum Gasteiger partial charge on any atom is 0.257 e. The lowest BCUT2D eigenvalue weighted by molar-refractivity contribution is -0.121. The lowest BCUT2D eigenvalue weighted by Gasteiger charge is -2.17. The van der Waals surface area contributed by atoms with Crippen molar-refractivity contribution >= 4 is 23.4 Å². The normalized spacial score (nSPS) is 20.2. The van der Waals surface area contributed by atoms with Crippen LogP contribution in [0.3, 0.4) is 0 Å². The van der Waals surface area contributed by atoms with Gasteiger partial charge in [0.2, 0.25) is 5.91 Å². The van der Waals surface area contributed by atoms with Gasteiger partial charge < -0.3 is 5.73 Å². The highest BCUT2D eigenvalue weighted by atomic mass is 35.5. The Morgan fingerprint density at radius 1 is 1.43 bits per heavy atom. The van der Waals surface area contributed by atoms with Crippen LogP contribution in [-0.2, 0) is 4.79 Å². The van der Waals surface area contributed by atoms with Gasteiger partial charge in [-0.2, -0.15) is 0 Å². The van der Waals surface area contributed by atoms with Crippen molar-refractivity contribution in [3.8, 4) is 0 Å². The van der Waals surface area contributed by atoms with E-state index in [2.05, 4.69) is 5.32 Å². The number of hydrogen-bond acceptors (Lipinski definition) is 4. The van der Waals surface area contributed by atoms with Crippen molar-refractivity contribution in [3.05, 3.63) is 34.9 Å². The molecule has 2 rings (SSSR count). The molecule has 0 aromatic heterocycles. The Balaban J connectivity index is 1.82. The Bertz CT molecular complexity index is 516. The van der Waals surface area contributed by atoms with Gasteiger partial charge in [0.05, 0.1) is 6.54 Å². The molecular weight excluding hydrogens is 290 g/mol. The molecule has 0 radical (unpaired) electrons. The van der Waals surface area contributed by atoms with E-state index in [-0.39, 0.29) is 18.5 Å². The summed E-state index contributed by atoms with van der Waals surface area (Å²) >= 11 is 5.76. The van der Waals surface area contributed by atoms with Crippen molar-refractivity contribution in [3.63, 3.8) is 0 Å². The van der Waals surface area contributed by atoms with E-state index in [1.807, 2.05) is 11.8 Å². The van der Waals surface area contributed by atoms with Gasteiger partial charge in [-0.05, 0) is 50.1 Å². The molecule has 2 amide bonds. The molecule has 0 spiro atoms. The van der Waals surface area contributed by atoms with Crippen LogP contribution in [0.1, 0.15) is 23.7 Å². The van der Waals surface area contributed by atoms with Gasteiger partial charge in [-0.15, -0.1) is 0 Å². The Morgan fingerprint density at radius 2 is 2.10 bits per heavy atom. The fraction of sp³-hybridized carbons (Fsp3) is 0.467.